The lowest BCUT2D eigenvalue weighted by Gasteiger charge is -2.36. The van der Waals surface area contributed by atoms with Crippen molar-refractivity contribution >= 4 is 16.9 Å². The van der Waals surface area contributed by atoms with Crippen molar-refractivity contribution in [1.29, 1.82) is 0 Å². The van der Waals surface area contributed by atoms with Crippen LogP contribution in [0.5, 0.6) is 0 Å². The van der Waals surface area contributed by atoms with E-state index in [2.05, 4.69) is 39.0 Å². The third-order valence-electron chi connectivity index (χ3n) is 4.77. The predicted octanol–water partition coefficient (Wildman–Crippen LogP) is 2.35. The lowest BCUT2D eigenvalue weighted by atomic mass is 10.0. The molecule has 1 aliphatic rings. The van der Waals surface area contributed by atoms with E-state index in [0.717, 1.165) is 35.6 Å². The number of nitrogens with zero attached hydrogens (tertiary/aromatic N) is 6. The van der Waals surface area contributed by atoms with E-state index < -0.39 is 0 Å². The summed E-state index contributed by atoms with van der Waals surface area (Å²) in [6.07, 6.45) is 5.96. The van der Waals surface area contributed by atoms with Gasteiger partial charge in [0.2, 0.25) is 0 Å². The van der Waals surface area contributed by atoms with Crippen LogP contribution >= 0.6 is 0 Å². The van der Waals surface area contributed by atoms with Crippen LogP contribution in [0.2, 0.25) is 0 Å². The summed E-state index contributed by atoms with van der Waals surface area (Å²) in [5.41, 5.74) is 1.88. The normalized spacial score (nSPS) is 18.5. The quantitative estimate of drug-likeness (QED) is 0.741. The molecule has 0 bridgehead atoms. The van der Waals surface area contributed by atoms with Crippen LogP contribution in [0.4, 0.5) is 5.82 Å². The van der Waals surface area contributed by atoms with Crippen molar-refractivity contribution in [2.24, 2.45) is 0 Å². The predicted molar refractivity (Wildman–Crippen MR) is 95.6 cm³/mol. The third kappa shape index (κ3) is 2.63. The number of likely N-dealkylation sites (N-methyl/N-ethyl adjacent to an activating group) is 1. The Morgan fingerprint density at radius 3 is 2.75 bits per heavy atom. The molecule has 1 atom stereocenters. The van der Waals surface area contributed by atoms with Crippen LogP contribution in [0.25, 0.3) is 16.7 Å². The first kappa shape index (κ1) is 15.1. The average Bonchev–Trinajstić information content (AvgIpc) is 3.06. The van der Waals surface area contributed by atoms with Crippen molar-refractivity contribution in [3.05, 3.63) is 42.9 Å². The topological polar surface area (TPSA) is 50.1 Å². The van der Waals surface area contributed by atoms with Crippen LogP contribution in [-0.2, 0) is 0 Å². The molecule has 0 saturated carbocycles. The molecule has 3 aromatic rings. The largest absolute Gasteiger partial charge is 0.354 e. The highest BCUT2D eigenvalue weighted by Gasteiger charge is 2.24. The van der Waals surface area contributed by atoms with Crippen molar-refractivity contribution in [1.82, 2.24) is 24.6 Å². The molecule has 1 unspecified atom stereocenters. The van der Waals surface area contributed by atoms with Crippen LogP contribution in [0.3, 0.4) is 0 Å². The molecule has 0 spiro atoms. The number of hydrogen-bond acceptors (Lipinski definition) is 5. The molecule has 1 aliphatic heterocycles. The van der Waals surface area contributed by atoms with E-state index in [0.29, 0.717) is 6.04 Å². The molecule has 1 aromatic carbocycles. The molecule has 0 N–H and O–H groups in total. The second-order valence-corrected chi connectivity index (χ2v) is 6.53. The van der Waals surface area contributed by atoms with Crippen LogP contribution in [0.15, 0.2) is 42.9 Å². The first-order chi connectivity index (χ1) is 11.7. The number of aromatic nitrogens is 4. The van der Waals surface area contributed by atoms with E-state index in [-0.39, 0.29) is 0 Å². The Balaban J connectivity index is 1.74. The van der Waals surface area contributed by atoms with Crippen molar-refractivity contribution < 1.29 is 0 Å². The summed E-state index contributed by atoms with van der Waals surface area (Å²) in [5.74, 6) is 0.994. The Morgan fingerprint density at radius 2 is 1.96 bits per heavy atom. The highest BCUT2D eigenvalue weighted by Crippen LogP contribution is 2.27. The van der Waals surface area contributed by atoms with Crippen molar-refractivity contribution in [3.8, 4) is 5.69 Å². The van der Waals surface area contributed by atoms with Crippen LogP contribution in [0, 0.1) is 0 Å². The van der Waals surface area contributed by atoms with E-state index in [9.17, 15) is 0 Å². The minimum Gasteiger partial charge on any atom is -0.354 e. The van der Waals surface area contributed by atoms with Gasteiger partial charge in [0.15, 0.2) is 5.65 Å². The first-order valence-corrected chi connectivity index (χ1v) is 8.39. The minimum absolute atomic E-state index is 0.563. The van der Waals surface area contributed by atoms with Gasteiger partial charge in [0.25, 0.3) is 0 Å². The van der Waals surface area contributed by atoms with Crippen molar-refractivity contribution in [2.45, 2.75) is 18.9 Å². The van der Waals surface area contributed by atoms with Gasteiger partial charge in [0.1, 0.15) is 12.1 Å². The minimum atomic E-state index is 0.563. The number of benzene rings is 1. The van der Waals surface area contributed by atoms with Gasteiger partial charge >= 0.3 is 0 Å². The fourth-order valence-corrected chi connectivity index (χ4v) is 3.41. The molecular weight excluding hydrogens is 300 g/mol. The molecule has 3 heterocycles. The van der Waals surface area contributed by atoms with Gasteiger partial charge in [-0.15, -0.1) is 0 Å². The molecule has 0 amide bonds. The number of hydrogen-bond donors (Lipinski definition) is 0. The number of fused-ring (bicyclic) bond motifs is 1. The lowest BCUT2D eigenvalue weighted by Crippen LogP contribution is -2.45. The first-order valence-electron chi connectivity index (χ1n) is 8.39. The van der Waals surface area contributed by atoms with E-state index in [1.807, 2.05) is 41.2 Å². The molecular formula is C18H22N6. The van der Waals surface area contributed by atoms with Crippen molar-refractivity contribution in [3.63, 3.8) is 0 Å². The second kappa shape index (κ2) is 6.20. The summed E-state index contributed by atoms with van der Waals surface area (Å²) in [5, 5.41) is 5.57. The van der Waals surface area contributed by atoms with E-state index >= 15 is 0 Å². The number of para-hydroxylation sites is 1. The van der Waals surface area contributed by atoms with Gasteiger partial charge in [0, 0.05) is 19.1 Å². The maximum Gasteiger partial charge on any atom is 0.168 e. The highest BCUT2D eigenvalue weighted by molar-refractivity contribution is 5.87. The Morgan fingerprint density at radius 1 is 1.12 bits per heavy atom. The zero-order valence-electron chi connectivity index (χ0n) is 14.1. The Labute approximate surface area is 141 Å². The zero-order chi connectivity index (χ0) is 16.5. The van der Waals surface area contributed by atoms with Gasteiger partial charge in [-0.05, 0) is 39.1 Å². The van der Waals surface area contributed by atoms with Gasteiger partial charge in [-0.1, -0.05) is 18.2 Å². The van der Waals surface area contributed by atoms with Crippen LogP contribution in [-0.4, -0.2) is 57.9 Å². The fraction of sp³-hybridized carbons (Fsp3) is 0.389. The van der Waals surface area contributed by atoms with E-state index in [4.69, 9.17) is 0 Å². The number of anilines is 1. The maximum absolute atomic E-state index is 4.57. The number of rotatable bonds is 3. The van der Waals surface area contributed by atoms with Crippen molar-refractivity contribution in [2.75, 3.05) is 32.1 Å². The third-order valence-corrected chi connectivity index (χ3v) is 4.77. The second-order valence-electron chi connectivity index (χ2n) is 6.53. The molecule has 0 aliphatic carbocycles. The standard InChI is InChI=1S/C18H22N6/c1-22(2)15-9-6-10-23(12-15)17-16-11-21-24(18(16)20-13-19-17)14-7-4-3-5-8-14/h3-5,7-8,11,13,15H,6,9-10,12H2,1-2H3. The summed E-state index contributed by atoms with van der Waals surface area (Å²) < 4.78 is 1.88. The summed E-state index contributed by atoms with van der Waals surface area (Å²) in [6.45, 7) is 2.03. The lowest BCUT2D eigenvalue weighted by molar-refractivity contribution is 0.257. The van der Waals surface area contributed by atoms with E-state index in [1.165, 1.54) is 12.8 Å². The summed E-state index contributed by atoms with van der Waals surface area (Å²) in [7, 11) is 4.30. The van der Waals surface area contributed by atoms with Gasteiger partial charge in [-0.2, -0.15) is 5.10 Å². The molecule has 6 nitrogen and oxygen atoms in total. The van der Waals surface area contributed by atoms with Crippen LogP contribution < -0.4 is 4.90 Å². The van der Waals surface area contributed by atoms with Gasteiger partial charge in [0.05, 0.1) is 17.3 Å². The van der Waals surface area contributed by atoms with Gasteiger partial charge in [-0.3, -0.25) is 0 Å². The van der Waals surface area contributed by atoms with Crippen LogP contribution in [0.1, 0.15) is 12.8 Å². The molecule has 2 aromatic heterocycles. The monoisotopic (exact) mass is 322 g/mol. The average molecular weight is 322 g/mol. The molecule has 0 radical (unpaired) electrons. The highest BCUT2D eigenvalue weighted by atomic mass is 15.3. The molecule has 6 heteroatoms. The molecule has 1 fully saturated rings. The fourth-order valence-electron chi connectivity index (χ4n) is 3.41. The summed E-state index contributed by atoms with van der Waals surface area (Å²) in [6, 6.07) is 10.7. The molecule has 24 heavy (non-hydrogen) atoms. The number of piperidine rings is 1. The maximum atomic E-state index is 4.57. The molecule has 1 saturated heterocycles. The molecule has 4 rings (SSSR count). The Hall–Kier alpha value is -2.47. The molecule has 124 valence electrons. The summed E-state index contributed by atoms with van der Waals surface area (Å²) in [4.78, 5) is 13.7. The Kier molecular flexibility index (Phi) is 3.90. The smallest absolute Gasteiger partial charge is 0.168 e. The van der Waals surface area contributed by atoms with E-state index in [1.54, 1.807) is 6.33 Å². The SMILES string of the molecule is CN(C)C1CCCN(c2ncnc3c2cnn3-c2ccccc2)C1. The van der Waals surface area contributed by atoms with Gasteiger partial charge < -0.3 is 9.80 Å². The van der Waals surface area contributed by atoms with Gasteiger partial charge in [-0.25, -0.2) is 14.6 Å². The zero-order valence-corrected chi connectivity index (χ0v) is 14.1. The summed E-state index contributed by atoms with van der Waals surface area (Å²) >= 11 is 0. The Bertz CT molecular complexity index is 826.